The van der Waals surface area contributed by atoms with E-state index in [9.17, 15) is 9.90 Å². The standard InChI is InChI=1S/C12H18N2O2/c1-3-5-11(13)12(16)14(2)9-6-4-7-10(15)8-9/h4,6-8,11,15H,3,5,13H2,1-2H3. The highest BCUT2D eigenvalue weighted by Gasteiger charge is 2.18. The summed E-state index contributed by atoms with van der Waals surface area (Å²) in [7, 11) is 1.66. The second kappa shape index (κ2) is 5.51. The number of likely N-dealkylation sites (N-methyl/N-ethyl adjacent to an activating group) is 1. The molecule has 0 bridgehead atoms. The Bertz CT molecular complexity index is 366. The number of benzene rings is 1. The lowest BCUT2D eigenvalue weighted by Crippen LogP contribution is -2.41. The van der Waals surface area contributed by atoms with Crippen LogP contribution in [0.25, 0.3) is 0 Å². The van der Waals surface area contributed by atoms with Gasteiger partial charge in [-0.2, -0.15) is 0 Å². The van der Waals surface area contributed by atoms with Crippen molar-refractivity contribution in [2.24, 2.45) is 5.73 Å². The number of hydrogen-bond acceptors (Lipinski definition) is 3. The van der Waals surface area contributed by atoms with E-state index in [4.69, 9.17) is 5.73 Å². The fourth-order valence-electron chi connectivity index (χ4n) is 1.51. The van der Waals surface area contributed by atoms with Crippen LogP contribution in [0.15, 0.2) is 24.3 Å². The van der Waals surface area contributed by atoms with Gasteiger partial charge >= 0.3 is 0 Å². The molecule has 0 heterocycles. The van der Waals surface area contributed by atoms with Crippen LogP contribution in [-0.2, 0) is 4.79 Å². The van der Waals surface area contributed by atoms with Crippen LogP contribution in [0.2, 0.25) is 0 Å². The average Bonchev–Trinajstić information content (AvgIpc) is 2.27. The van der Waals surface area contributed by atoms with E-state index in [0.717, 1.165) is 6.42 Å². The minimum atomic E-state index is -0.475. The zero-order valence-electron chi connectivity index (χ0n) is 9.68. The molecule has 0 saturated carbocycles. The Morgan fingerprint density at radius 2 is 2.25 bits per heavy atom. The Balaban J connectivity index is 2.77. The summed E-state index contributed by atoms with van der Waals surface area (Å²) in [6, 6.07) is 6.08. The van der Waals surface area contributed by atoms with Gasteiger partial charge in [0.05, 0.1) is 6.04 Å². The van der Waals surface area contributed by atoms with Crippen LogP contribution in [0.3, 0.4) is 0 Å². The zero-order chi connectivity index (χ0) is 12.1. The summed E-state index contributed by atoms with van der Waals surface area (Å²) in [6.45, 7) is 1.99. The molecule has 1 unspecified atom stereocenters. The molecular formula is C12H18N2O2. The first-order chi connectivity index (χ1) is 7.56. The van der Waals surface area contributed by atoms with Gasteiger partial charge in [-0.25, -0.2) is 0 Å². The number of hydrogen-bond donors (Lipinski definition) is 2. The number of carbonyl (C=O) groups is 1. The molecule has 16 heavy (non-hydrogen) atoms. The number of phenols is 1. The molecule has 1 atom stereocenters. The van der Waals surface area contributed by atoms with Crippen LogP contribution in [0, 0.1) is 0 Å². The van der Waals surface area contributed by atoms with E-state index in [1.807, 2.05) is 6.92 Å². The number of aromatic hydroxyl groups is 1. The highest BCUT2D eigenvalue weighted by atomic mass is 16.3. The molecule has 1 amide bonds. The smallest absolute Gasteiger partial charge is 0.243 e. The molecule has 0 aliphatic rings. The van der Waals surface area contributed by atoms with Gasteiger partial charge in [-0.05, 0) is 18.6 Å². The number of phenolic OH excluding ortho intramolecular Hbond substituents is 1. The fraction of sp³-hybridized carbons (Fsp3) is 0.417. The molecule has 0 saturated heterocycles. The van der Waals surface area contributed by atoms with E-state index in [1.54, 1.807) is 25.2 Å². The lowest BCUT2D eigenvalue weighted by molar-refractivity contribution is -0.119. The van der Waals surface area contributed by atoms with Gasteiger partial charge in [0.15, 0.2) is 0 Å². The number of nitrogens with zero attached hydrogens (tertiary/aromatic N) is 1. The summed E-state index contributed by atoms with van der Waals surface area (Å²) < 4.78 is 0. The predicted molar refractivity (Wildman–Crippen MR) is 64.4 cm³/mol. The SMILES string of the molecule is CCCC(N)C(=O)N(C)c1cccc(O)c1. The minimum absolute atomic E-state index is 0.132. The maximum absolute atomic E-state index is 11.9. The third-order valence-electron chi connectivity index (χ3n) is 2.46. The van der Waals surface area contributed by atoms with Gasteiger partial charge in [0.1, 0.15) is 5.75 Å². The molecule has 0 aliphatic carbocycles. The van der Waals surface area contributed by atoms with Gasteiger partial charge in [-0.3, -0.25) is 4.79 Å². The number of carbonyl (C=O) groups excluding carboxylic acids is 1. The average molecular weight is 222 g/mol. The second-order valence-corrected chi connectivity index (χ2v) is 3.81. The van der Waals surface area contributed by atoms with Crippen molar-refractivity contribution < 1.29 is 9.90 Å². The van der Waals surface area contributed by atoms with Gasteiger partial charge in [0, 0.05) is 18.8 Å². The number of anilines is 1. The fourth-order valence-corrected chi connectivity index (χ4v) is 1.51. The highest BCUT2D eigenvalue weighted by molar-refractivity contribution is 5.96. The molecule has 1 rings (SSSR count). The van der Waals surface area contributed by atoms with Crippen molar-refractivity contribution in [1.82, 2.24) is 0 Å². The van der Waals surface area contributed by atoms with Crippen molar-refractivity contribution in [3.8, 4) is 5.75 Å². The molecule has 0 fully saturated rings. The first-order valence-electron chi connectivity index (χ1n) is 5.38. The maximum Gasteiger partial charge on any atom is 0.243 e. The highest BCUT2D eigenvalue weighted by Crippen LogP contribution is 2.19. The lowest BCUT2D eigenvalue weighted by Gasteiger charge is -2.21. The Morgan fingerprint density at radius 3 is 2.81 bits per heavy atom. The van der Waals surface area contributed by atoms with Gasteiger partial charge < -0.3 is 15.7 Å². The van der Waals surface area contributed by atoms with Gasteiger partial charge in [-0.1, -0.05) is 19.4 Å². The third kappa shape index (κ3) is 2.97. The van der Waals surface area contributed by atoms with Crippen molar-refractivity contribution in [3.05, 3.63) is 24.3 Å². The van der Waals surface area contributed by atoms with Crippen LogP contribution in [0.4, 0.5) is 5.69 Å². The largest absolute Gasteiger partial charge is 0.508 e. The molecule has 4 heteroatoms. The summed E-state index contributed by atoms with van der Waals surface area (Å²) >= 11 is 0. The molecule has 0 spiro atoms. The Morgan fingerprint density at radius 1 is 1.56 bits per heavy atom. The van der Waals surface area contributed by atoms with E-state index in [-0.39, 0.29) is 11.7 Å². The summed E-state index contributed by atoms with van der Waals surface area (Å²) in [5.74, 6) is 0.00802. The van der Waals surface area contributed by atoms with Gasteiger partial charge in [0.2, 0.25) is 5.91 Å². The summed E-state index contributed by atoms with van der Waals surface area (Å²) in [6.07, 6.45) is 1.54. The van der Waals surface area contributed by atoms with Gasteiger partial charge in [-0.15, -0.1) is 0 Å². The van der Waals surface area contributed by atoms with E-state index in [1.165, 1.54) is 11.0 Å². The summed E-state index contributed by atoms with van der Waals surface area (Å²) in [5, 5.41) is 9.32. The molecule has 1 aromatic carbocycles. The van der Waals surface area contributed by atoms with Crippen LogP contribution < -0.4 is 10.6 Å². The molecule has 0 aromatic heterocycles. The Kier molecular flexibility index (Phi) is 4.31. The summed E-state index contributed by atoms with van der Waals surface area (Å²) in [4.78, 5) is 13.3. The van der Waals surface area contributed by atoms with Crippen LogP contribution >= 0.6 is 0 Å². The van der Waals surface area contributed by atoms with Crippen molar-refractivity contribution >= 4 is 11.6 Å². The van der Waals surface area contributed by atoms with Crippen LogP contribution in [-0.4, -0.2) is 24.1 Å². The number of nitrogens with two attached hydrogens (primary N) is 1. The molecule has 0 aliphatic heterocycles. The summed E-state index contributed by atoms with van der Waals surface area (Å²) in [5.41, 5.74) is 6.40. The topological polar surface area (TPSA) is 66.6 Å². The number of amides is 1. The zero-order valence-corrected chi connectivity index (χ0v) is 9.68. The van der Waals surface area contributed by atoms with E-state index < -0.39 is 6.04 Å². The third-order valence-corrected chi connectivity index (χ3v) is 2.46. The molecule has 1 aromatic rings. The molecule has 4 nitrogen and oxygen atoms in total. The predicted octanol–water partition coefficient (Wildman–Crippen LogP) is 1.48. The van der Waals surface area contributed by atoms with Crippen molar-refractivity contribution in [2.45, 2.75) is 25.8 Å². The van der Waals surface area contributed by atoms with Crippen molar-refractivity contribution in [2.75, 3.05) is 11.9 Å². The monoisotopic (exact) mass is 222 g/mol. The second-order valence-electron chi connectivity index (χ2n) is 3.81. The van der Waals surface area contributed by atoms with E-state index >= 15 is 0 Å². The molecule has 88 valence electrons. The maximum atomic E-state index is 11.9. The molecule has 0 radical (unpaired) electrons. The van der Waals surface area contributed by atoms with E-state index in [0.29, 0.717) is 12.1 Å². The normalized spacial score (nSPS) is 12.2. The quantitative estimate of drug-likeness (QED) is 0.811. The van der Waals surface area contributed by atoms with Crippen LogP contribution in [0.5, 0.6) is 5.75 Å². The van der Waals surface area contributed by atoms with Crippen molar-refractivity contribution in [1.29, 1.82) is 0 Å². The first kappa shape index (κ1) is 12.5. The van der Waals surface area contributed by atoms with Crippen molar-refractivity contribution in [3.63, 3.8) is 0 Å². The van der Waals surface area contributed by atoms with Crippen LogP contribution in [0.1, 0.15) is 19.8 Å². The number of rotatable bonds is 4. The Labute approximate surface area is 95.7 Å². The minimum Gasteiger partial charge on any atom is -0.508 e. The lowest BCUT2D eigenvalue weighted by atomic mass is 10.1. The molecular weight excluding hydrogens is 204 g/mol. The Hall–Kier alpha value is -1.55. The first-order valence-corrected chi connectivity index (χ1v) is 5.38. The van der Waals surface area contributed by atoms with Gasteiger partial charge in [0.25, 0.3) is 0 Å². The molecule has 3 N–H and O–H groups in total. The van der Waals surface area contributed by atoms with E-state index in [2.05, 4.69) is 0 Å².